The first kappa shape index (κ1) is 17.2. The number of primary sulfonamides is 1. The number of fused-ring (bicyclic) bond motifs is 1. The van der Waals surface area contributed by atoms with Crippen molar-refractivity contribution in [1.29, 1.82) is 0 Å². The molecule has 9 heteroatoms. The van der Waals surface area contributed by atoms with Crippen LogP contribution < -0.4 is 10.5 Å². The van der Waals surface area contributed by atoms with Crippen LogP contribution in [0.25, 0.3) is 11.0 Å². The van der Waals surface area contributed by atoms with E-state index in [1.54, 1.807) is 6.07 Å². The smallest absolute Gasteiger partial charge is 0.247 e. The molecule has 0 saturated heterocycles. The summed E-state index contributed by atoms with van der Waals surface area (Å²) in [4.78, 5) is 17.5. The molecule has 136 valence electrons. The summed E-state index contributed by atoms with van der Waals surface area (Å²) in [6.07, 6.45) is 2.38. The van der Waals surface area contributed by atoms with Crippen molar-refractivity contribution < 1.29 is 13.2 Å². The van der Waals surface area contributed by atoms with E-state index in [0.29, 0.717) is 17.5 Å². The molecule has 1 saturated carbocycles. The minimum atomic E-state index is -3.72. The van der Waals surface area contributed by atoms with Crippen molar-refractivity contribution in [3.8, 4) is 0 Å². The lowest BCUT2D eigenvalue weighted by molar-refractivity contribution is -0.120. The molecule has 2 aromatic heterocycles. The molecule has 0 bridgehead atoms. The Morgan fingerprint density at radius 2 is 2.04 bits per heavy atom. The predicted molar refractivity (Wildman–Crippen MR) is 99.2 cm³/mol. The molecule has 26 heavy (non-hydrogen) atoms. The number of benzene rings is 1. The number of nitrogens with two attached hydrogens (primary N) is 1. The standard InChI is InChI=1S/C17H18N4O3S2/c18-26(23,24)17-8-7-12(25-17)9-16(22)19-10-15-20-13-3-1-2-4-14(13)21(15)11-5-6-11/h1-4,7-8,11H,5-6,9-10H2,(H,19,22)(H2,18,23,24). The lowest BCUT2D eigenvalue weighted by Gasteiger charge is -2.08. The van der Waals surface area contributed by atoms with Crippen molar-refractivity contribution in [3.05, 3.63) is 47.1 Å². The number of para-hydroxylation sites is 2. The Kier molecular flexibility index (Phi) is 4.29. The van der Waals surface area contributed by atoms with Crippen molar-refractivity contribution in [2.45, 2.75) is 36.1 Å². The van der Waals surface area contributed by atoms with Crippen molar-refractivity contribution in [1.82, 2.24) is 14.9 Å². The molecule has 1 aromatic carbocycles. The molecule has 3 N–H and O–H groups in total. The van der Waals surface area contributed by atoms with Crippen LogP contribution in [-0.2, 0) is 27.8 Å². The van der Waals surface area contributed by atoms with Crippen LogP contribution in [0, 0.1) is 0 Å². The van der Waals surface area contributed by atoms with Gasteiger partial charge < -0.3 is 9.88 Å². The van der Waals surface area contributed by atoms with Gasteiger partial charge in [0.15, 0.2) is 0 Å². The Bertz CT molecular complexity index is 1080. The maximum atomic E-state index is 12.2. The van der Waals surface area contributed by atoms with Crippen LogP contribution in [0.4, 0.5) is 0 Å². The van der Waals surface area contributed by atoms with Gasteiger partial charge in [-0.25, -0.2) is 18.5 Å². The van der Waals surface area contributed by atoms with Crippen LogP contribution >= 0.6 is 11.3 Å². The molecule has 1 fully saturated rings. The average molecular weight is 390 g/mol. The van der Waals surface area contributed by atoms with Crippen LogP contribution in [0.2, 0.25) is 0 Å². The highest BCUT2D eigenvalue weighted by atomic mass is 32.2. The van der Waals surface area contributed by atoms with Crippen molar-refractivity contribution in [2.75, 3.05) is 0 Å². The molecule has 0 radical (unpaired) electrons. The normalized spacial score (nSPS) is 14.7. The van der Waals surface area contributed by atoms with Gasteiger partial charge >= 0.3 is 0 Å². The maximum absolute atomic E-state index is 12.2. The minimum Gasteiger partial charge on any atom is -0.349 e. The van der Waals surface area contributed by atoms with E-state index < -0.39 is 10.0 Å². The number of nitrogens with one attached hydrogen (secondary N) is 1. The summed E-state index contributed by atoms with van der Waals surface area (Å²) in [6.45, 7) is 0.345. The van der Waals surface area contributed by atoms with Gasteiger partial charge in [0.2, 0.25) is 15.9 Å². The summed E-state index contributed by atoms with van der Waals surface area (Å²) in [5, 5.41) is 7.98. The number of carbonyl (C=O) groups excluding carboxylic acids is 1. The molecule has 0 unspecified atom stereocenters. The highest BCUT2D eigenvalue weighted by Gasteiger charge is 2.28. The van der Waals surface area contributed by atoms with Gasteiger partial charge in [0.1, 0.15) is 10.0 Å². The number of hydrogen-bond donors (Lipinski definition) is 2. The van der Waals surface area contributed by atoms with Crippen LogP contribution in [0.5, 0.6) is 0 Å². The van der Waals surface area contributed by atoms with Gasteiger partial charge in [-0.15, -0.1) is 11.3 Å². The summed E-state index contributed by atoms with van der Waals surface area (Å²) < 4.78 is 24.9. The quantitative estimate of drug-likeness (QED) is 0.671. The number of amides is 1. The zero-order chi connectivity index (χ0) is 18.3. The second-order valence-electron chi connectivity index (χ2n) is 6.34. The van der Waals surface area contributed by atoms with E-state index in [4.69, 9.17) is 5.14 Å². The highest BCUT2D eigenvalue weighted by molar-refractivity contribution is 7.91. The number of carbonyl (C=O) groups is 1. The lowest BCUT2D eigenvalue weighted by Crippen LogP contribution is -2.26. The summed E-state index contributed by atoms with van der Waals surface area (Å²) in [7, 11) is -3.72. The zero-order valence-corrected chi connectivity index (χ0v) is 15.5. The minimum absolute atomic E-state index is 0.0656. The molecule has 1 aliphatic rings. The predicted octanol–water partition coefficient (Wildman–Crippen LogP) is 1.94. The molecule has 0 aliphatic heterocycles. The molecule has 3 aromatic rings. The fraction of sp³-hybridized carbons (Fsp3) is 0.294. The third-order valence-corrected chi connectivity index (χ3v) is 6.80. The molecular formula is C17H18N4O3S2. The monoisotopic (exact) mass is 390 g/mol. The van der Waals surface area contributed by atoms with Gasteiger partial charge in [0, 0.05) is 10.9 Å². The molecule has 0 spiro atoms. The zero-order valence-electron chi connectivity index (χ0n) is 13.9. The third-order valence-electron chi connectivity index (χ3n) is 4.28. The summed E-state index contributed by atoms with van der Waals surface area (Å²) in [5.41, 5.74) is 2.02. The first-order valence-corrected chi connectivity index (χ1v) is 10.6. The Morgan fingerprint density at radius 3 is 2.73 bits per heavy atom. The third kappa shape index (κ3) is 3.50. The van der Waals surface area contributed by atoms with E-state index in [2.05, 4.69) is 14.9 Å². The topological polar surface area (TPSA) is 107 Å². The van der Waals surface area contributed by atoms with E-state index in [9.17, 15) is 13.2 Å². The Hall–Kier alpha value is -2.23. The van der Waals surface area contributed by atoms with E-state index >= 15 is 0 Å². The molecular weight excluding hydrogens is 372 g/mol. The highest BCUT2D eigenvalue weighted by Crippen LogP contribution is 2.38. The van der Waals surface area contributed by atoms with E-state index in [0.717, 1.165) is 41.0 Å². The molecule has 0 atom stereocenters. The largest absolute Gasteiger partial charge is 0.349 e. The Labute approximate surface area is 154 Å². The van der Waals surface area contributed by atoms with Gasteiger partial charge in [0.25, 0.3) is 0 Å². The Morgan fingerprint density at radius 1 is 1.27 bits per heavy atom. The fourth-order valence-electron chi connectivity index (χ4n) is 2.96. The number of nitrogens with zero attached hydrogens (tertiary/aromatic N) is 2. The molecule has 7 nitrogen and oxygen atoms in total. The van der Waals surface area contributed by atoms with E-state index in [-0.39, 0.29) is 16.5 Å². The van der Waals surface area contributed by atoms with E-state index in [1.165, 1.54) is 6.07 Å². The molecule has 4 rings (SSSR count). The van der Waals surface area contributed by atoms with Gasteiger partial charge in [-0.2, -0.15) is 0 Å². The van der Waals surface area contributed by atoms with Gasteiger partial charge in [-0.1, -0.05) is 12.1 Å². The number of sulfonamides is 1. The van der Waals surface area contributed by atoms with E-state index in [1.807, 2.05) is 24.3 Å². The van der Waals surface area contributed by atoms with Gasteiger partial charge in [-0.3, -0.25) is 4.79 Å². The second-order valence-corrected chi connectivity index (χ2v) is 9.29. The summed E-state index contributed by atoms with van der Waals surface area (Å²) in [5.74, 6) is 0.667. The van der Waals surface area contributed by atoms with Gasteiger partial charge in [0.05, 0.1) is 24.0 Å². The van der Waals surface area contributed by atoms with Crippen molar-refractivity contribution >= 4 is 38.3 Å². The van der Waals surface area contributed by atoms with Crippen LogP contribution in [0.15, 0.2) is 40.6 Å². The summed E-state index contributed by atoms with van der Waals surface area (Å²) in [6, 6.07) is 11.5. The maximum Gasteiger partial charge on any atom is 0.247 e. The average Bonchev–Trinajstić information content (AvgIpc) is 3.18. The SMILES string of the molecule is NS(=O)(=O)c1ccc(CC(=O)NCc2nc3ccccc3n2C2CC2)s1. The van der Waals surface area contributed by atoms with Gasteiger partial charge in [-0.05, 0) is 37.1 Å². The van der Waals surface area contributed by atoms with Crippen molar-refractivity contribution in [2.24, 2.45) is 5.14 Å². The number of imidazole rings is 1. The van der Waals surface area contributed by atoms with Crippen LogP contribution in [0.1, 0.15) is 29.6 Å². The lowest BCUT2D eigenvalue weighted by atomic mass is 10.3. The first-order chi connectivity index (χ1) is 12.4. The molecule has 1 aliphatic carbocycles. The number of aromatic nitrogens is 2. The van der Waals surface area contributed by atoms with Crippen molar-refractivity contribution in [3.63, 3.8) is 0 Å². The fourth-order valence-corrected chi connectivity index (χ4v) is 4.74. The number of rotatable bonds is 6. The van der Waals surface area contributed by atoms with Crippen LogP contribution in [0.3, 0.4) is 0 Å². The van der Waals surface area contributed by atoms with Crippen LogP contribution in [-0.4, -0.2) is 23.9 Å². The Balaban J connectivity index is 1.46. The molecule has 2 heterocycles. The first-order valence-electron chi connectivity index (χ1n) is 8.26. The molecule has 1 amide bonds. The summed E-state index contributed by atoms with van der Waals surface area (Å²) >= 11 is 1.02. The number of hydrogen-bond acceptors (Lipinski definition) is 5. The number of thiophene rings is 1. The second kappa shape index (κ2) is 6.49.